The van der Waals surface area contributed by atoms with Crippen LogP contribution in [0.3, 0.4) is 0 Å². The summed E-state index contributed by atoms with van der Waals surface area (Å²) in [5, 5.41) is 3.54. The molecule has 1 heterocycles. The molecule has 2 aromatic carbocycles. The first kappa shape index (κ1) is 25.1. The summed E-state index contributed by atoms with van der Waals surface area (Å²) in [5.41, 5.74) is 1.36. The predicted molar refractivity (Wildman–Crippen MR) is 133 cm³/mol. The van der Waals surface area contributed by atoms with Gasteiger partial charge in [-0.25, -0.2) is 4.79 Å². The zero-order chi connectivity index (χ0) is 24.3. The van der Waals surface area contributed by atoms with E-state index in [1.54, 1.807) is 50.7 Å². The number of benzene rings is 2. The number of pyridine rings is 1. The number of anilines is 1. The maximum Gasteiger partial charge on any atom is 0.411 e. The highest BCUT2D eigenvalue weighted by molar-refractivity contribution is 5.88. The molecule has 8 heteroatoms. The second-order valence-electron chi connectivity index (χ2n) is 8.14. The fourth-order valence-electron chi connectivity index (χ4n) is 3.47. The third-order valence-corrected chi connectivity index (χ3v) is 5.27. The number of hydrogen-bond donors (Lipinski definition) is 1. The largest absolute Gasteiger partial charge is 0.493 e. The number of nitrogens with one attached hydrogen (secondary N) is 1. The molecular weight excluding hydrogens is 434 g/mol. The van der Waals surface area contributed by atoms with Gasteiger partial charge < -0.3 is 23.8 Å². The van der Waals surface area contributed by atoms with E-state index in [2.05, 4.69) is 29.3 Å². The van der Waals surface area contributed by atoms with Gasteiger partial charge in [0.15, 0.2) is 11.5 Å². The molecule has 0 aliphatic heterocycles. The molecule has 1 aromatic heterocycles. The molecule has 0 aliphatic rings. The first-order valence-electron chi connectivity index (χ1n) is 11.4. The highest BCUT2D eigenvalue weighted by atomic mass is 16.5. The highest BCUT2D eigenvalue weighted by Gasteiger charge is 2.11. The molecule has 0 spiro atoms. The Morgan fingerprint density at radius 2 is 1.62 bits per heavy atom. The molecular formula is C26H33N3O5. The van der Waals surface area contributed by atoms with Crippen molar-refractivity contribution < 1.29 is 23.7 Å². The predicted octanol–water partition coefficient (Wildman–Crippen LogP) is 5.71. The van der Waals surface area contributed by atoms with Crippen LogP contribution >= 0.6 is 0 Å². The van der Waals surface area contributed by atoms with Crippen LogP contribution in [0.2, 0.25) is 0 Å². The van der Waals surface area contributed by atoms with Crippen LogP contribution in [-0.2, 0) is 4.74 Å². The minimum Gasteiger partial charge on any atom is -0.493 e. The molecule has 3 aromatic rings. The summed E-state index contributed by atoms with van der Waals surface area (Å²) >= 11 is 0. The van der Waals surface area contributed by atoms with E-state index in [-0.39, 0.29) is 0 Å². The SMILES string of the molecule is COc1cc2nccc(Oc3ccc(NC(=O)OCCCCCCN(C)C)cc3)c2cc1OC. The highest BCUT2D eigenvalue weighted by Crippen LogP contribution is 2.36. The van der Waals surface area contributed by atoms with Crippen LogP contribution in [0.5, 0.6) is 23.0 Å². The van der Waals surface area contributed by atoms with E-state index >= 15 is 0 Å². The van der Waals surface area contributed by atoms with Gasteiger partial charge in [0, 0.05) is 23.3 Å². The summed E-state index contributed by atoms with van der Waals surface area (Å²) in [6, 6.07) is 12.5. The number of nitrogens with zero attached hydrogens (tertiary/aromatic N) is 2. The monoisotopic (exact) mass is 467 g/mol. The lowest BCUT2D eigenvalue weighted by molar-refractivity contribution is 0.159. The summed E-state index contributed by atoms with van der Waals surface area (Å²) in [7, 11) is 7.32. The third kappa shape index (κ3) is 7.25. The number of rotatable bonds is 12. The quantitative estimate of drug-likeness (QED) is 0.341. The Balaban J connectivity index is 1.52. The molecule has 0 aliphatic carbocycles. The van der Waals surface area contributed by atoms with Crippen molar-refractivity contribution in [3.05, 3.63) is 48.7 Å². The Hall–Kier alpha value is -3.52. The molecule has 1 amide bonds. The zero-order valence-corrected chi connectivity index (χ0v) is 20.3. The Bertz CT molecular complexity index is 1070. The molecule has 34 heavy (non-hydrogen) atoms. The number of fused-ring (bicyclic) bond motifs is 1. The lowest BCUT2D eigenvalue weighted by Crippen LogP contribution is -2.14. The number of carbonyl (C=O) groups is 1. The molecule has 8 nitrogen and oxygen atoms in total. The Morgan fingerprint density at radius 3 is 2.32 bits per heavy atom. The number of aromatic nitrogens is 1. The van der Waals surface area contributed by atoms with Gasteiger partial charge in [-0.15, -0.1) is 0 Å². The topological polar surface area (TPSA) is 82.2 Å². The molecule has 182 valence electrons. The summed E-state index contributed by atoms with van der Waals surface area (Å²) < 4.78 is 22.1. The second-order valence-corrected chi connectivity index (χ2v) is 8.14. The standard InChI is InChI=1S/C26H33N3O5/c1-29(2)15-7-5-6-8-16-33-26(30)28-19-9-11-20(12-10-19)34-23-13-14-27-22-18-25(32-4)24(31-3)17-21(22)23/h9-14,17-18H,5-8,15-16H2,1-4H3,(H,28,30). The van der Waals surface area contributed by atoms with E-state index in [9.17, 15) is 4.79 Å². The smallest absolute Gasteiger partial charge is 0.411 e. The van der Waals surface area contributed by atoms with Crippen molar-refractivity contribution in [2.24, 2.45) is 0 Å². The summed E-state index contributed by atoms with van der Waals surface area (Å²) in [6.07, 6.45) is 5.43. The van der Waals surface area contributed by atoms with Crippen molar-refractivity contribution in [2.75, 3.05) is 46.8 Å². The Labute approximate surface area is 200 Å². The van der Waals surface area contributed by atoms with E-state index in [4.69, 9.17) is 18.9 Å². The second kappa shape index (κ2) is 12.6. The number of unbranched alkanes of at least 4 members (excludes halogenated alkanes) is 3. The molecule has 1 N–H and O–H groups in total. The fourth-order valence-corrected chi connectivity index (χ4v) is 3.47. The number of methoxy groups -OCH3 is 2. The lowest BCUT2D eigenvalue weighted by atomic mass is 10.2. The average Bonchev–Trinajstić information content (AvgIpc) is 2.83. The molecule has 0 fully saturated rings. The van der Waals surface area contributed by atoms with Gasteiger partial charge in [0.05, 0.1) is 26.3 Å². The molecule has 3 rings (SSSR count). The average molecular weight is 468 g/mol. The fraction of sp³-hybridized carbons (Fsp3) is 0.385. The van der Waals surface area contributed by atoms with Gasteiger partial charge in [0.1, 0.15) is 11.5 Å². The summed E-state index contributed by atoms with van der Waals surface area (Å²) in [4.78, 5) is 18.6. The maximum absolute atomic E-state index is 12.0. The van der Waals surface area contributed by atoms with Gasteiger partial charge in [-0.1, -0.05) is 12.8 Å². The van der Waals surface area contributed by atoms with Crippen molar-refractivity contribution in [3.8, 4) is 23.0 Å². The molecule has 0 saturated carbocycles. The van der Waals surface area contributed by atoms with Crippen LogP contribution in [0.1, 0.15) is 25.7 Å². The van der Waals surface area contributed by atoms with Crippen LogP contribution in [0.25, 0.3) is 10.9 Å². The number of ether oxygens (including phenoxy) is 4. The van der Waals surface area contributed by atoms with Crippen molar-refractivity contribution >= 4 is 22.7 Å². The first-order chi connectivity index (χ1) is 16.5. The van der Waals surface area contributed by atoms with Gasteiger partial charge in [-0.2, -0.15) is 0 Å². The lowest BCUT2D eigenvalue weighted by Gasteiger charge is -2.13. The van der Waals surface area contributed by atoms with E-state index in [1.165, 1.54) is 0 Å². The number of hydrogen-bond acceptors (Lipinski definition) is 7. The van der Waals surface area contributed by atoms with Gasteiger partial charge in [0.2, 0.25) is 0 Å². The molecule has 0 saturated heterocycles. The van der Waals surface area contributed by atoms with E-state index in [0.717, 1.165) is 43.1 Å². The maximum atomic E-state index is 12.0. The third-order valence-electron chi connectivity index (χ3n) is 5.27. The normalized spacial score (nSPS) is 10.9. The van der Waals surface area contributed by atoms with Crippen LogP contribution in [0.15, 0.2) is 48.7 Å². The van der Waals surface area contributed by atoms with Gasteiger partial charge in [-0.05, 0) is 69.9 Å². The van der Waals surface area contributed by atoms with Gasteiger partial charge in [0.25, 0.3) is 0 Å². The molecule has 0 bridgehead atoms. The van der Waals surface area contributed by atoms with Crippen molar-refractivity contribution in [1.82, 2.24) is 9.88 Å². The number of carbonyl (C=O) groups excluding carboxylic acids is 1. The summed E-state index contributed by atoms with van der Waals surface area (Å²) in [5.74, 6) is 2.46. The van der Waals surface area contributed by atoms with Crippen LogP contribution in [0, 0.1) is 0 Å². The van der Waals surface area contributed by atoms with E-state index < -0.39 is 6.09 Å². The van der Waals surface area contributed by atoms with Crippen LogP contribution < -0.4 is 19.5 Å². The Morgan fingerprint density at radius 1 is 0.912 bits per heavy atom. The van der Waals surface area contributed by atoms with Gasteiger partial charge >= 0.3 is 6.09 Å². The minimum atomic E-state index is -0.455. The minimum absolute atomic E-state index is 0.415. The van der Waals surface area contributed by atoms with Crippen LogP contribution in [0.4, 0.5) is 10.5 Å². The zero-order valence-electron chi connectivity index (χ0n) is 20.3. The van der Waals surface area contributed by atoms with Gasteiger partial charge in [-0.3, -0.25) is 10.3 Å². The van der Waals surface area contributed by atoms with E-state index in [1.807, 2.05) is 12.1 Å². The molecule has 0 atom stereocenters. The van der Waals surface area contributed by atoms with Crippen LogP contribution in [-0.4, -0.2) is 57.4 Å². The van der Waals surface area contributed by atoms with Crippen molar-refractivity contribution in [3.63, 3.8) is 0 Å². The molecule has 0 radical (unpaired) electrons. The Kier molecular flexibility index (Phi) is 9.34. The summed E-state index contributed by atoms with van der Waals surface area (Å²) in [6.45, 7) is 1.50. The molecule has 0 unspecified atom stereocenters. The van der Waals surface area contributed by atoms with E-state index in [0.29, 0.717) is 35.3 Å². The van der Waals surface area contributed by atoms with Crippen molar-refractivity contribution in [2.45, 2.75) is 25.7 Å². The number of amides is 1. The van der Waals surface area contributed by atoms with Crippen molar-refractivity contribution in [1.29, 1.82) is 0 Å². The first-order valence-corrected chi connectivity index (χ1v) is 11.4.